The lowest BCUT2D eigenvalue weighted by Gasteiger charge is -2.10. The van der Waals surface area contributed by atoms with Gasteiger partial charge in [-0.05, 0) is 18.2 Å². The van der Waals surface area contributed by atoms with Crippen LogP contribution in [-0.2, 0) is 0 Å². The maximum absolute atomic E-state index is 12.6. The van der Waals surface area contributed by atoms with E-state index in [4.69, 9.17) is 21.1 Å². The van der Waals surface area contributed by atoms with Crippen LogP contribution in [0.25, 0.3) is 10.1 Å². The van der Waals surface area contributed by atoms with Crippen LogP contribution in [0.1, 0.15) is 16.1 Å². The zero-order chi connectivity index (χ0) is 16.5. The van der Waals surface area contributed by atoms with Crippen LogP contribution < -0.4 is 14.8 Å². The van der Waals surface area contributed by atoms with Gasteiger partial charge in [-0.2, -0.15) is 0 Å². The maximum atomic E-state index is 12.6. The summed E-state index contributed by atoms with van der Waals surface area (Å²) in [5, 5.41) is 4.27. The van der Waals surface area contributed by atoms with Gasteiger partial charge in [0, 0.05) is 28.3 Å². The molecule has 0 bridgehead atoms. The summed E-state index contributed by atoms with van der Waals surface area (Å²) in [5.74, 6) is 1.12. The minimum atomic E-state index is -0.226. The second kappa shape index (κ2) is 6.34. The number of benzene rings is 2. The molecule has 0 radical (unpaired) electrons. The number of thiophene rings is 1. The van der Waals surface area contributed by atoms with E-state index in [1.165, 1.54) is 11.3 Å². The first-order valence-corrected chi connectivity index (χ1v) is 8.80. The fraction of sp³-hybridized carbons (Fsp3) is 0.167. The second-order valence-corrected chi connectivity index (χ2v) is 6.84. The summed E-state index contributed by atoms with van der Waals surface area (Å²) in [5.41, 5.74) is 0.651. The molecular formula is C18H14ClNO3S. The molecule has 1 aromatic heterocycles. The van der Waals surface area contributed by atoms with E-state index < -0.39 is 0 Å². The molecule has 1 aliphatic heterocycles. The summed E-state index contributed by atoms with van der Waals surface area (Å²) in [6.07, 6.45) is 0.841. The Hall–Kier alpha value is -2.24. The van der Waals surface area contributed by atoms with Crippen molar-refractivity contribution in [2.45, 2.75) is 6.42 Å². The van der Waals surface area contributed by atoms with Gasteiger partial charge in [0.1, 0.15) is 4.88 Å². The van der Waals surface area contributed by atoms with Crippen LogP contribution in [0.15, 0.2) is 42.5 Å². The zero-order valence-electron chi connectivity index (χ0n) is 12.7. The molecule has 0 saturated carbocycles. The Bertz CT molecular complexity index is 922. The Kier molecular flexibility index (Phi) is 4.04. The fourth-order valence-corrected chi connectivity index (χ4v) is 4.00. The first-order chi connectivity index (χ1) is 11.7. The van der Waals surface area contributed by atoms with Crippen LogP contribution in [0.5, 0.6) is 11.5 Å². The Morgan fingerprint density at radius 1 is 1.08 bits per heavy atom. The van der Waals surface area contributed by atoms with Gasteiger partial charge in [0.15, 0.2) is 11.5 Å². The van der Waals surface area contributed by atoms with Crippen LogP contribution in [-0.4, -0.2) is 19.1 Å². The average Bonchev–Trinajstić information content (AvgIpc) is 2.78. The average molecular weight is 360 g/mol. The molecule has 4 nitrogen and oxygen atoms in total. The molecule has 0 saturated heterocycles. The summed E-state index contributed by atoms with van der Waals surface area (Å²) >= 11 is 7.74. The van der Waals surface area contributed by atoms with E-state index in [-0.39, 0.29) is 5.91 Å². The topological polar surface area (TPSA) is 47.6 Å². The monoisotopic (exact) mass is 359 g/mol. The zero-order valence-corrected chi connectivity index (χ0v) is 14.2. The molecule has 2 aromatic carbocycles. The molecule has 0 unspecified atom stereocenters. The second-order valence-electron chi connectivity index (χ2n) is 5.41. The first-order valence-electron chi connectivity index (χ1n) is 7.60. The van der Waals surface area contributed by atoms with Gasteiger partial charge in [0.25, 0.3) is 5.91 Å². The number of nitrogens with one attached hydrogen (secondary N) is 1. The molecule has 1 N–H and O–H groups in total. The van der Waals surface area contributed by atoms with Gasteiger partial charge < -0.3 is 14.8 Å². The highest BCUT2D eigenvalue weighted by Crippen LogP contribution is 2.36. The predicted molar refractivity (Wildman–Crippen MR) is 96.8 cm³/mol. The van der Waals surface area contributed by atoms with Crippen molar-refractivity contribution in [2.75, 3.05) is 18.5 Å². The molecule has 1 aliphatic rings. The lowest BCUT2D eigenvalue weighted by Crippen LogP contribution is -2.10. The molecule has 0 spiro atoms. The van der Waals surface area contributed by atoms with Crippen LogP contribution in [0.2, 0.25) is 5.02 Å². The summed E-state index contributed by atoms with van der Waals surface area (Å²) in [4.78, 5) is 13.1. The first kappa shape index (κ1) is 15.3. The third-order valence-electron chi connectivity index (χ3n) is 3.75. The molecule has 24 heavy (non-hydrogen) atoms. The number of halogens is 1. The number of rotatable bonds is 2. The quantitative estimate of drug-likeness (QED) is 0.702. The number of carbonyl (C=O) groups excluding carboxylic acids is 1. The SMILES string of the molecule is O=C(Nc1ccc2c(c1)OCCCO2)c1sc2ccccc2c1Cl. The number of fused-ring (bicyclic) bond motifs is 2. The van der Waals surface area contributed by atoms with E-state index >= 15 is 0 Å². The van der Waals surface area contributed by atoms with Crippen molar-refractivity contribution < 1.29 is 14.3 Å². The Balaban J connectivity index is 1.61. The number of carbonyl (C=O) groups is 1. The van der Waals surface area contributed by atoms with Crippen LogP contribution in [0, 0.1) is 0 Å². The van der Waals surface area contributed by atoms with Gasteiger partial charge in [-0.15, -0.1) is 11.3 Å². The van der Waals surface area contributed by atoms with Crippen molar-refractivity contribution in [3.63, 3.8) is 0 Å². The van der Waals surface area contributed by atoms with E-state index in [9.17, 15) is 4.79 Å². The molecule has 2 heterocycles. The highest BCUT2D eigenvalue weighted by molar-refractivity contribution is 7.21. The number of anilines is 1. The van der Waals surface area contributed by atoms with Gasteiger partial charge in [0.05, 0.1) is 18.2 Å². The summed E-state index contributed by atoms with van der Waals surface area (Å²) in [6, 6.07) is 13.1. The van der Waals surface area contributed by atoms with Crippen LogP contribution in [0.3, 0.4) is 0 Å². The number of hydrogen-bond acceptors (Lipinski definition) is 4. The molecule has 0 aliphatic carbocycles. The van der Waals surface area contributed by atoms with Crippen molar-refractivity contribution in [2.24, 2.45) is 0 Å². The van der Waals surface area contributed by atoms with E-state index in [2.05, 4.69) is 5.32 Å². The molecule has 6 heteroatoms. The van der Waals surface area contributed by atoms with Crippen molar-refractivity contribution in [3.8, 4) is 11.5 Å². The number of hydrogen-bond donors (Lipinski definition) is 1. The van der Waals surface area contributed by atoms with Gasteiger partial charge in [-0.25, -0.2) is 0 Å². The smallest absolute Gasteiger partial charge is 0.267 e. The molecule has 4 rings (SSSR count). The van der Waals surface area contributed by atoms with Crippen molar-refractivity contribution in [1.29, 1.82) is 0 Å². The van der Waals surface area contributed by atoms with E-state index in [1.807, 2.05) is 30.3 Å². The highest BCUT2D eigenvalue weighted by atomic mass is 35.5. The molecule has 122 valence electrons. The largest absolute Gasteiger partial charge is 0.490 e. The van der Waals surface area contributed by atoms with Crippen molar-refractivity contribution >= 4 is 44.6 Å². The Labute approximate surface area is 148 Å². The number of amides is 1. The fourth-order valence-electron chi connectivity index (χ4n) is 2.59. The molecule has 0 atom stereocenters. The van der Waals surface area contributed by atoms with Crippen LogP contribution in [0.4, 0.5) is 5.69 Å². The lowest BCUT2D eigenvalue weighted by molar-refractivity contribution is 0.103. The molecule has 3 aromatic rings. The Morgan fingerprint density at radius 2 is 1.88 bits per heavy atom. The third-order valence-corrected chi connectivity index (χ3v) is 5.42. The minimum absolute atomic E-state index is 0.226. The molecular weight excluding hydrogens is 346 g/mol. The summed E-state index contributed by atoms with van der Waals surface area (Å²) in [6.45, 7) is 1.24. The molecule has 0 fully saturated rings. The highest BCUT2D eigenvalue weighted by Gasteiger charge is 2.18. The standard InChI is InChI=1S/C18H14ClNO3S/c19-16-12-4-1-2-5-15(12)24-17(16)18(21)20-11-6-7-13-14(10-11)23-9-3-8-22-13/h1-2,4-7,10H,3,8-9H2,(H,20,21). The van der Waals surface area contributed by atoms with Crippen molar-refractivity contribution in [1.82, 2.24) is 0 Å². The third kappa shape index (κ3) is 2.81. The van der Waals surface area contributed by atoms with Gasteiger partial charge in [0.2, 0.25) is 0 Å². The van der Waals surface area contributed by atoms with E-state index in [0.717, 1.165) is 16.5 Å². The minimum Gasteiger partial charge on any atom is -0.490 e. The van der Waals surface area contributed by atoms with Crippen LogP contribution >= 0.6 is 22.9 Å². The van der Waals surface area contributed by atoms with Crippen molar-refractivity contribution in [3.05, 3.63) is 52.4 Å². The maximum Gasteiger partial charge on any atom is 0.267 e. The van der Waals surface area contributed by atoms with Gasteiger partial charge in [-0.3, -0.25) is 4.79 Å². The van der Waals surface area contributed by atoms with E-state index in [1.54, 1.807) is 12.1 Å². The number of ether oxygens (including phenoxy) is 2. The lowest BCUT2D eigenvalue weighted by atomic mass is 10.2. The summed E-state index contributed by atoms with van der Waals surface area (Å²) in [7, 11) is 0. The van der Waals surface area contributed by atoms with Gasteiger partial charge >= 0.3 is 0 Å². The van der Waals surface area contributed by atoms with Gasteiger partial charge in [-0.1, -0.05) is 29.8 Å². The normalized spacial score (nSPS) is 13.5. The predicted octanol–water partition coefficient (Wildman–Crippen LogP) is 4.97. The molecule has 1 amide bonds. The van der Waals surface area contributed by atoms with E-state index in [0.29, 0.717) is 40.3 Å². The Morgan fingerprint density at radius 3 is 2.71 bits per heavy atom. The summed E-state index contributed by atoms with van der Waals surface area (Å²) < 4.78 is 12.2.